The van der Waals surface area contributed by atoms with Crippen LogP contribution in [0.2, 0.25) is 0 Å². The fraction of sp³-hybridized carbons (Fsp3) is 0.583. The molecule has 1 atom stereocenters. The summed E-state index contributed by atoms with van der Waals surface area (Å²) in [5.74, 6) is 0. The van der Waals surface area contributed by atoms with Crippen LogP contribution in [0.5, 0.6) is 0 Å². The smallest absolute Gasteiger partial charge is 0.264 e. The van der Waals surface area contributed by atoms with Crippen molar-refractivity contribution >= 4 is 11.0 Å². The molecule has 18 heavy (non-hydrogen) atoms. The molecule has 6 nitrogen and oxygen atoms in total. The third-order valence-corrected chi connectivity index (χ3v) is 2.93. The Kier molecular flexibility index (Phi) is 3.76. The van der Waals surface area contributed by atoms with Crippen LogP contribution in [0.25, 0.3) is 11.0 Å². The standard InChI is InChI=1S/C12H19N5O/c1-4-5-13-9(2)7-17-8-14-11-10(12(17)18)6-15-16(11)3/h6,8-9,13H,4-5,7H2,1-3H3. The van der Waals surface area contributed by atoms with E-state index in [-0.39, 0.29) is 11.6 Å². The zero-order valence-electron chi connectivity index (χ0n) is 11.1. The Morgan fingerprint density at radius 2 is 2.28 bits per heavy atom. The molecular formula is C12H19N5O. The third-order valence-electron chi connectivity index (χ3n) is 2.93. The highest BCUT2D eigenvalue weighted by Crippen LogP contribution is 2.03. The summed E-state index contributed by atoms with van der Waals surface area (Å²) >= 11 is 0. The molecule has 0 bridgehead atoms. The highest BCUT2D eigenvalue weighted by Gasteiger charge is 2.09. The van der Waals surface area contributed by atoms with Crippen LogP contribution < -0.4 is 10.9 Å². The van der Waals surface area contributed by atoms with Crippen LogP contribution in [0.4, 0.5) is 0 Å². The van der Waals surface area contributed by atoms with Crippen molar-refractivity contribution in [2.24, 2.45) is 7.05 Å². The first kappa shape index (κ1) is 12.8. The van der Waals surface area contributed by atoms with Crippen LogP contribution in [-0.2, 0) is 13.6 Å². The molecule has 1 N–H and O–H groups in total. The zero-order chi connectivity index (χ0) is 13.1. The van der Waals surface area contributed by atoms with Gasteiger partial charge >= 0.3 is 0 Å². The summed E-state index contributed by atoms with van der Waals surface area (Å²) < 4.78 is 3.25. The lowest BCUT2D eigenvalue weighted by molar-refractivity contribution is 0.468. The average Bonchev–Trinajstić information content (AvgIpc) is 2.73. The second-order valence-corrected chi connectivity index (χ2v) is 4.56. The Morgan fingerprint density at radius 1 is 1.50 bits per heavy atom. The van der Waals surface area contributed by atoms with Crippen molar-refractivity contribution in [3.63, 3.8) is 0 Å². The number of aromatic nitrogens is 4. The van der Waals surface area contributed by atoms with Gasteiger partial charge in [-0.05, 0) is 19.9 Å². The van der Waals surface area contributed by atoms with Crippen molar-refractivity contribution in [2.45, 2.75) is 32.9 Å². The van der Waals surface area contributed by atoms with E-state index in [9.17, 15) is 4.79 Å². The predicted molar refractivity (Wildman–Crippen MR) is 70.5 cm³/mol. The lowest BCUT2D eigenvalue weighted by atomic mass is 10.3. The van der Waals surface area contributed by atoms with Gasteiger partial charge in [-0.2, -0.15) is 5.10 Å². The van der Waals surface area contributed by atoms with E-state index in [4.69, 9.17) is 0 Å². The van der Waals surface area contributed by atoms with Gasteiger partial charge < -0.3 is 5.32 Å². The fourth-order valence-corrected chi connectivity index (χ4v) is 1.95. The molecule has 0 saturated heterocycles. The number of hydrogen-bond donors (Lipinski definition) is 1. The van der Waals surface area contributed by atoms with Gasteiger partial charge in [0.1, 0.15) is 11.7 Å². The molecule has 0 amide bonds. The Bertz CT molecular complexity index is 586. The van der Waals surface area contributed by atoms with Crippen molar-refractivity contribution in [3.05, 3.63) is 22.9 Å². The first-order valence-corrected chi connectivity index (χ1v) is 6.24. The molecule has 98 valence electrons. The van der Waals surface area contributed by atoms with Gasteiger partial charge in [0.25, 0.3) is 5.56 Å². The quantitative estimate of drug-likeness (QED) is 0.839. The molecule has 0 radical (unpaired) electrons. The van der Waals surface area contributed by atoms with Gasteiger partial charge in [-0.15, -0.1) is 0 Å². The van der Waals surface area contributed by atoms with E-state index in [2.05, 4.69) is 29.2 Å². The first-order chi connectivity index (χ1) is 8.63. The lowest BCUT2D eigenvalue weighted by Gasteiger charge is -2.14. The third kappa shape index (κ3) is 2.43. The SMILES string of the molecule is CCCNC(C)Cn1cnc2c(cnn2C)c1=O. The molecule has 0 aliphatic carbocycles. The lowest BCUT2D eigenvalue weighted by Crippen LogP contribution is -2.34. The van der Waals surface area contributed by atoms with E-state index in [1.165, 1.54) is 0 Å². The van der Waals surface area contributed by atoms with Crippen LogP contribution in [0.1, 0.15) is 20.3 Å². The van der Waals surface area contributed by atoms with E-state index in [0.29, 0.717) is 17.6 Å². The number of fused-ring (bicyclic) bond motifs is 1. The Labute approximate surface area is 106 Å². The van der Waals surface area contributed by atoms with E-state index < -0.39 is 0 Å². The van der Waals surface area contributed by atoms with Crippen LogP contribution in [0.15, 0.2) is 17.3 Å². The summed E-state index contributed by atoms with van der Waals surface area (Å²) in [5, 5.41) is 7.98. The first-order valence-electron chi connectivity index (χ1n) is 6.24. The van der Waals surface area contributed by atoms with Crippen LogP contribution in [-0.4, -0.2) is 31.9 Å². The topological polar surface area (TPSA) is 64.7 Å². The molecule has 6 heteroatoms. The van der Waals surface area contributed by atoms with Crippen molar-refractivity contribution in [1.82, 2.24) is 24.6 Å². The van der Waals surface area contributed by atoms with Crippen molar-refractivity contribution < 1.29 is 0 Å². The minimum Gasteiger partial charge on any atom is -0.312 e. The average molecular weight is 249 g/mol. The van der Waals surface area contributed by atoms with Crippen molar-refractivity contribution in [1.29, 1.82) is 0 Å². The molecule has 0 spiro atoms. The summed E-state index contributed by atoms with van der Waals surface area (Å²) in [6.07, 6.45) is 4.25. The highest BCUT2D eigenvalue weighted by molar-refractivity contribution is 5.72. The number of hydrogen-bond acceptors (Lipinski definition) is 4. The largest absolute Gasteiger partial charge is 0.312 e. The summed E-state index contributed by atoms with van der Waals surface area (Å²) in [4.78, 5) is 16.5. The van der Waals surface area contributed by atoms with Crippen LogP contribution in [0.3, 0.4) is 0 Å². The van der Waals surface area contributed by atoms with Crippen molar-refractivity contribution in [2.75, 3.05) is 6.54 Å². The maximum absolute atomic E-state index is 12.2. The minimum absolute atomic E-state index is 0.0294. The molecule has 2 aromatic heterocycles. The number of nitrogens with one attached hydrogen (secondary N) is 1. The van der Waals surface area contributed by atoms with Gasteiger partial charge in [0.05, 0.1) is 6.20 Å². The highest BCUT2D eigenvalue weighted by atomic mass is 16.1. The number of nitrogens with zero attached hydrogens (tertiary/aromatic N) is 4. The van der Waals surface area contributed by atoms with Gasteiger partial charge in [-0.1, -0.05) is 6.92 Å². The van der Waals surface area contributed by atoms with Gasteiger partial charge in [0.15, 0.2) is 5.65 Å². The second kappa shape index (κ2) is 5.30. The molecule has 0 aliphatic rings. The maximum atomic E-state index is 12.2. The minimum atomic E-state index is -0.0294. The van der Waals surface area contributed by atoms with Gasteiger partial charge in [-0.3, -0.25) is 14.0 Å². The molecule has 2 rings (SSSR count). The molecular weight excluding hydrogens is 230 g/mol. The predicted octanol–water partition coefficient (Wildman–Crippen LogP) is 0.518. The van der Waals surface area contributed by atoms with Gasteiger partial charge in [-0.25, -0.2) is 4.98 Å². The molecule has 0 aliphatic heterocycles. The number of aryl methyl sites for hydroxylation is 1. The summed E-state index contributed by atoms with van der Waals surface area (Å²) in [7, 11) is 1.78. The van der Waals surface area contributed by atoms with E-state index in [0.717, 1.165) is 13.0 Å². The molecule has 1 unspecified atom stereocenters. The molecule has 2 heterocycles. The Morgan fingerprint density at radius 3 is 3.00 bits per heavy atom. The summed E-state index contributed by atoms with van der Waals surface area (Å²) in [6.45, 7) is 5.76. The summed E-state index contributed by atoms with van der Waals surface area (Å²) in [6, 6.07) is 0.249. The Hall–Kier alpha value is -1.69. The maximum Gasteiger partial charge on any atom is 0.264 e. The Balaban J connectivity index is 2.24. The van der Waals surface area contributed by atoms with E-state index >= 15 is 0 Å². The fourth-order valence-electron chi connectivity index (χ4n) is 1.95. The summed E-state index contributed by atoms with van der Waals surface area (Å²) in [5.41, 5.74) is 0.601. The van der Waals surface area contributed by atoms with Crippen LogP contribution in [0, 0.1) is 0 Å². The van der Waals surface area contributed by atoms with Crippen molar-refractivity contribution in [3.8, 4) is 0 Å². The molecule has 0 aromatic carbocycles. The molecule has 0 fully saturated rings. The monoisotopic (exact) mass is 249 g/mol. The number of rotatable bonds is 5. The van der Waals surface area contributed by atoms with Gasteiger partial charge in [0.2, 0.25) is 0 Å². The van der Waals surface area contributed by atoms with Crippen LogP contribution >= 0.6 is 0 Å². The normalized spacial score (nSPS) is 13.1. The molecule has 2 aromatic rings. The van der Waals surface area contributed by atoms with E-state index in [1.807, 2.05) is 0 Å². The molecule has 0 saturated carbocycles. The zero-order valence-corrected chi connectivity index (χ0v) is 11.1. The second-order valence-electron chi connectivity index (χ2n) is 4.56. The van der Waals surface area contributed by atoms with Gasteiger partial charge in [0, 0.05) is 19.6 Å². The van der Waals surface area contributed by atoms with E-state index in [1.54, 1.807) is 28.8 Å².